The SMILES string of the molecule is COOC1(C)CC[C@H]2CCC[C@@H]3C2[C@H](O[C@H](OCc2ccc(C(=O)O)cc2)[C@@H]3C)O1. The highest BCUT2D eigenvalue weighted by atomic mass is 17.2. The number of rotatable bonds is 6. The van der Waals surface area contributed by atoms with Gasteiger partial charge >= 0.3 is 5.97 Å². The summed E-state index contributed by atoms with van der Waals surface area (Å²) in [4.78, 5) is 21.5. The van der Waals surface area contributed by atoms with Crippen LogP contribution in [0.5, 0.6) is 0 Å². The second-order valence-electron chi connectivity index (χ2n) is 9.02. The number of benzene rings is 1. The normalized spacial score (nSPS) is 38.5. The monoisotopic (exact) mass is 420 g/mol. The van der Waals surface area contributed by atoms with E-state index < -0.39 is 18.0 Å². The topological polar surface area (TPSA) is 83.5 Å². The third-order valence-electron chi connectivity index (χ3n) is 7.05. The van der Waals surface area contributed by atoms with Gasteiger partial charge in [-0.25, -0.2) is 14.6 Å². The third-order valence-corrected chi connectivity index (χ3v) is 7.05. The quantitative estimate of drug-likeness (QED) is 0.541. The number of carbonyl (C=O) groups is 1. The molecule has 1 aromatic rings. The van der Waals surface area contributed by atoms with Crippen molar-refractivity contribution in [1.82, 2.24) is 0 Å². The Morgan fingerprint density at radius 3 is 2.70 bits per heavy atom. The molecule has 0 aromatic heterocycles. The molecule has 0 spiro atoms. The van der Waals surface area contributed by atoms with E-state index >= 15 is 0 Å². The van der Waals surface area contributed by atoms with Gasteiger partial charge in [-0.15, -0.1) is 0 Å². The second-order valence-corrected chi connectivity index (χ2v) is 9.02. The number of carboxylic acid groups (broad SMARTS) is 1. The minimum absolute atomic E-state index is 0.253. The molecule has 4 rings (SSSR count). The lowest BCUT2D eigenvalue weighted by molar-refractivity contribution is -0.452. The summed E-state index contributed by atoms with van der Waals surface area (Å²) in [6.45, 7) is 4.47. The van der Waals surface area contributed by atoms with Crippen LogP contribution in [0, 0.1) is 23.7 Å². The molecule has 2 heterocycles. The van der Waals surface area contributed by atoms with Crippen molar-refractivity contribution in [2.24, 2.45) is 23.7 Å². The van der Waals surface area contributed by atoms with Gasteiger partial charge in [0.2, 0.25) is 5.79 Å². The van der Waals surface area contributed by atoms with Crippen molar-refractivity contribution >= 4 is 5.97 Å². The molecule has 1 aliphatic carbocycles. The van der Waals surface area contributed by atoms with Crippen LogP contribution in [0.1, 0.15) is 61.9 Å². The van der Waals surface area contributed by atoms with Crippen LogP contribution in [-0.2, 0) is 30.6 Å². The van der Waals surface area contributed by atoms with Gasteiger partial charge in [0, 0.05) is 18.3 Å². The molecule has 2 aliphatic heterocycles. The molecule has 166 valence electrons. The molecule has 7 heteroatoms. The molecule has 3 fully saturated rings. The Labute approximate surface area is 177 Å². The summed E-state index contributed by atoms with van der Waals surface area (Å²) in [7, 11) is 1.50. The fourth-order valence-corrected chi connectivity index (χ4v) is 5.48. The van der Waals surface area contributed by atoms with Crippen LogP contribution < -0.4 is 0 Å². The number of carboxylic acids is 1. The van der Waals surface area contributed by atoms with E-state index in [1.54, 1.807) is 24.3 Å². The molecule has 1 N–H and O–H groups in total. The van der Waals surface area contributed by atoms with Crippen LogP contribution in [0.2, 0.25) is 0 Å². The highest BCUT2D eigenvalue weighted by Crippen LogP contribution is 2.52. The maximum absolute atomic E-state index is 11.0. The number of ether oxygens (including phenoxy) is 3. The molecular weight excluding hydrogens is 388 g/mol. The van der Waals surface area contributed by atoms with Gasteiger partial charge in [0.05, 0.1) is 19.3 Å². The predicted molar refractivity (Wildman–Crippen MR) is 107 cm³/mol. The van der Waals surface area contributed by atoms with Gasteiger partial charge in [0.1, 0.15) is 0 Å². The number of aromatic carboxylic acids is 1. The summed E-state index contributed by atoms with van der Waals surface area (Å²) in [5.74, 6) is -0.139. The van der Waals surface area contributed by atoms with Crippen LogP contribution in [0.3, 0.4) is 0 Å². The summed E-state index contributed by atoms with van der Waals surface area (Å²) in [6, 6.07) is 6.75. The second kappa shape index (κ2) is 8.93. The summed E-state index contributed by atoms with van der Waals surface area (Å²) >= 11 is 0. The van der Waals surface area contributed by atoms with Gasteiger partial charge in [-0.3, -0.25) is 0 Å². The van der Waals surface area contributed by atoms with Crippen molar-refractivity contribution in [2.45, 2.75) is 70.9 Å². The standard InChI is InChI=1S/C23H32O7/c1-14-18-6-4-5-16-11-12-23(2,30-26-3)29-22(19(16)18)28-21(14)27-13-15-7-9-17(10-8-15)20(24)25/h7-10,14,16,18-19,21-22H,4-6,11-13H2,1-3H3,(H,24,25)/t14-,16-,18+,19?,21+,22-,23?/m1/s1. The van der Waals surface area contributed by atoms with E-state index in [1.807, 2.05) is 6.92 Å². The lowest BCUT2D eigenvalue weighted by Crippen LogP contribution is -2.53. The van der Waals surface area contributed by atoms with Gasteiger partial charge in [-0.05, 0) is 55.7 Å². The first-order chi connectivity index (χ1) is 14.4. The van der Waals surface area contributed by atoms with Crippen LogP contribution in [0.4, 0.5) is 0 Å². The zero-order valence-corrected chi connectivity index (χ0v) is 17.9. The highest BCUT2D eigenvalue weighted by Gasteiger charge is 2.53. The van der Waals surface area contributed by atoms with Crippen molar-refractivity contribution in [3.8, 4) is 0 Å². The predicted octanol–water partition coefficient (Wildman–Crippen LogP) is 4.36. The van der Waals surface area contributed by atoms with Crippen molar-refractivity contribution in [3.63, 3.8) is 0 Å². The van der Waals surface area contributed by atoms with E-state index in [4.69, 9.17) is 29.1 Å². The van der Waals surface area contributed by atoms with Gasteiger partial charge in [-0.1, -0.05) is 25.5 Å². The molecule has 1 saturated carbocycles. The van der Waals surface area contributed by atoms with E-state index in [9.17, 15) is 4.79 Å². The zero-order valence-electron chi connectivity index (χ0n) is 17.9. The van der Waals surface area contributed by atoms with Crippen LogP contribution in [-0.4, -0.2) is 36.6 Å². The molecule has 0 radical (unpaired) electrons. The molecule has 0 amide bonds. The molecular formula is C23H32O7. The van der Waals surface area contributed by atoms with Crippen molar-refractivity contribution in [1.29, 1.82) is 0 Å². The molecule has 3 aliphatic rings. The Bertz CT molecular complexity index is 736. The van der Waals surface area contributed by atoms with Gasteiger partial charge < -0.3 is 19.3 Å². The Kier molecular flexibility index (Phi) is 6.46. The largest absolute Gasteiger partial charge is 0.478 e. The summed E-state index contributed by atoms with van der Waals surface area (Å²) in [5, 5.41) is 9.06. The molecule has 2 unspecified atom stereocenters. The maximum Gasteiger partial charge on any atom is 0.335 e. The van der Waals surface area contributed by atoms with Crippen molar-refractivity contribution < 1.29 is 33.9 Å². The highest BCUT2D eigenvalue weighted by molar-refractivity contribution is 5.87. The first-order valence-corrected chi connectivity index (χ1v) is 10.9. The Balaban J connectivity index is 1.48. The minimum atomic E-state index is -0.934. The number of hydrogen-bond donors (Lipinski definition) is 1. The van der Waals surface area contributed by atoms with E-state index in [-0.39, 0.29) is 17.8 Å². The van der Waals surface area contributed by atoms with E-state index in [2.05, 4.69) is 6.92 Å². The Morgan fingerprint density at radius 1 is 1.23 bits per heavy atom. The molecule has 0 bridgehead atoms. The van der Waals surface area contributed by atoms with Crippen molar-refractivity contribution in [2.75, 3.05) is 7.11 Å². The zero-order chi connectivity index (χ0) is 21.3. The lowest BCUT2D eigenvalue weighted by Gasteiger charge is -2.50. The molecule has 7 atom stereocenters. The van der Waals surface area contributed by atoms with E-state index in [1.165, 1.54) is 20.0 Å². The minimum Gasteiger partial charge on any atom is -0.478 e. The maximum atomic E-state index is 11.0. The molecule has 1 aromatic carbocycles. The molecule has 30 heavy (non-hydrogen) atoms. The van der Waals surface area contributed by atoms with Crippen LogP contribution in [0.25, 0.3) is 0 Å². The number of hydrogen-bond acceptors (Lipinski definition) is 6. The lowest BCUT2D eigenvalue weighted by atomic mass is 9.65. The smallest absolute Gasteiger partial charge is 0.335 e. The summed E-state index contributed by atoms with van der Waals surface area (Å²) < 4.78 is 18.9. The van der Waals surface area contributed by atoms with Gasteiger partial charge in [-0.2, -0.15) is 0 Å². The molecule has 7 nitrogen and oxygen atoms in total. The van der Waals surface area contributed by atoms with Crippen LogP contribution >= 0.6 is 0 Å². The van der Waals surface area contributed by atoms with E-state index in [0.717, 1.165) is 24.8 Å². The van der Waals surface area contributed by atoms with Gasteiger partial charge in [0.15, 0.2) is 12.6 Å². The van der Waals surface area contributed by atoms with Gasteiger partial charge in [0.25, 0.3) is 0 Å². The van der Waals surface area contributed by atoms with Crippen molar-refractivity contribution in [3.05, 3.63) is 35.4 Å². The Morgan fingerprint density at radius 2 is 2.00 bits per heavy atom. The average Bonchev–Trinajstić information content (AvgIpc) is 2.87. The fraction of sp³-hybridized carbons (Fsp3) is 0.696. The average molecular weight is 421 g/mol. The van der Waals surface area contributed by atoms with E-state index in [0.29, 0.717) is 24.4 Å². The Hall–Kier alpha value is -1.51. The first kappa shape index (κ1) is 21.7. The molecule has 2 saturated heterocycles. The summed E-state index contributed by atoms with van der Waals surface area (Å²) in [5.41, 5.74) is 1.18. The summed E-state index contributed by atoms with van der Waals surface area (Å²) in [6.07, 6.45) is 4.59. The fourth-order valence-electron chi connectivity index (χ4n) is 5.48. The first-order valence-electron chi connectivity index (χ1n) is 10.9. The van der Waals surface area contributed by atoms with Crippen LogP contribution in [0.15, 0.2) is 24.3 Å². The third kappa shape index (κ3) is 4.41.